The first-order valence-corrected chi connectivity index (χ1v) is 6.23. The second-order valence-electron chi connectivity index (χ2n) is 5.11. The zero-order chi connectivity index (χ0) is 12.3. The Kier molecular flexibility index (Phi) is 3.86. The van der Waals surface area contributed by atoms with Crippen LogP contribution in [0.2, 0.25) is 0 Å². The molecule has 0 aromatic carbocycles. The fourth-order valence-corrected chi connectivity index (χ4v) is 2.46. The number of carbonyl (C=O) groups is 1. The molecular weight excluding hydrogens is 220 g/mol. The van der Waals surface area contributed by atoms with Crippen LogP contribution in [0.5, 0.6) is 0 Å². The number of β-amino-alcohol motifs (C(OH)–C–C–N with tert-alkyl or cyclic N) is 1. The SMILES string of the molecule is CN(CCN1CCNC1=O)CC1(O)CCNC1. The molecule has 1 atom stereocenters. The fourth-order valence-electron chi connectivity index (χ4n) is 2.46. The second kappa shape index (κ2) is 5.20. The van der Waals surface area contributed by atoms with Crippen LogP contribution in [-0.4, -0.2) is 79.4 Å². The van der Waals surface area contributed by atoms with Crippen molar-refractivity contribution in [3.05, 3.63) is 0 Å². The minimum Gasteiger partial charge on any atom is -0.387 e. The molecule has 2 amide bonds. The number of nitrogens with one attached hydrogen (secondary N) is 2. The van der Waals surface area contributed by atoms with Gasteiger partial charge in [0, 0.05) is 39.3 Å². The normalized spacial score (nSPS) is 29.1. The van der Waals surface area contributed by atoms with Crippen molar-refractivity contribution in [1.29, 1.82) is 0 Å². The Hall–Kier alpha value is -0.850. The summed E-state index contributed by atoms with van der Waals surface area (Å²) in [4.78, 5) is 15.2. The van der Waals surface area contributed by atoms with E-state index in [2.05, 4.69) is 15.5 Å². The van der Waals surface area contributed by atoms with Crippen molar-refractivity contribution in [2.45, 2.75) is 12.0 Å². The number of hydrogen-bond donors (Lipinski definition) is 3. The smallest absolute Gasteiger partial charge is 0.317 e. The van der Waals surface area contributed by atoms with Gasteiger partial charge in [0.25, 0.3) is 0 Å². The molecule has 17 heavy (non-hydrogen) atoms. The molecule has 0 bridgehead atoms. The predicted octanol–water partition coefficient (Wildman–Crippen LogP) is -1.33. The maximum Gasteiger partial charge on any atom is 0.317 e. The van der Waals surface area contributed by atoms with Gasteiger partial charge in [-0.2, -0.15) is 0 Å². The number of likely N-dealkylation sites (N-methyl/N-ethyl adjacent to an activating group) is 1. The van der Waals surface area contributed by atoms with Gasteiger partial charge in [-0.15, -0.1) is 0 Å². The lowest BCUT2D eigenvalue weighted by atomic mass is 10.0. The maximum atomic E-state index is 11.3. The van der Waals surface area contributed by atoms with Crippen molar-refractivity contribution < 1.29 is 9.90 Å². The summed E-state index contributed by atoms with van der Waals surface area (Å²) in [6.07, 6.45) is 0.807. The lowest BCUT2D eigenvalue weighted by Crippen LogP contribution is -2.45. The summed E-state index contributed by atoms with van der Waals surface area (Å²) >= 11 is 0. The number of rotatable bonds is 5. The third-order valence-electron chi connectivity index (χ3n) is 3.48. The minimum atomic E-state index is -0.595. The van der Waals surface area contributed by atoms with Gasteiger partial charge >= 0.3 is 6.03 Å². The van der Waals surface area contributed by atoms with E-state index >= 15 is 0 Å². The number of urea groups is 1. The number of aliphatic hydroxyl groups is 1. The molecule has 2 aliphatic rings. The minimum absolute atomic E-state index is 0.0274. The maximum absolute atomic E-state index is 11.3. The van der Waals surface area contributed by atoms with Gasteiger partial charge in [-0.05, 0) is 20.0 Å². The summed E-state index contributed by atoms with van der Waals surface area (Å²) in [6, 6.07) is 0.0274. The van der Waals surface area contributed by atoms with E-state index in [9.17, 15) is 9.90 Å². The molecule has 0 radical (unpaired) electrons. The topological polar surface area (TPSA) is 67.8 Å². The number of nitrogens with zero attached hydrogens (tertiary/aromatic N) is 2. The van der Waals surface area contributed by atoms with Gasteiger partial charge in [0.15, 0.2) is 0 Å². The summed E-state index contributed by atoms with van der Waals surface area (Å²) in [5.74, 6) is 0. The molecule has 2 aliphatic heterocycles. The highest BCUT2D eigenvalue weighted by Crippen LogP contribution is 2.15. The Balaban J connectivity index is 1.70. The zero-order valence-electron chi connectivity index (χ0n) is 10.4. The molecule has 0 aromatic rings. The van der Waals surface area contributed by atoms with E-state index in [1.807, 2.05) is 11.9 Å². The lowest BCUT2D eigenvalue weighted by molar-refractivity contribution is 0.0273. The van der Waals surface area contributed by atoms with Crippen LogP contribution in [-0.2, 0) is 0 Å². The van der Waals surface area contributed by atoms with Gasteiger partial charge in [0.05, 0.1) is 5.60 Å². The Morgan fingerprint density at radius 2 is 2.35 bits per heavy atom. The molecule has 0 saturated carbocycles. The quantitative estimate of drug-likeness (QED) is 0.559. The van der Waals surface area contributed by atoms with Crippen molar-refractivity contribution in [3.63, 3.8) is 0 Å². The van der Waals surface area contributed by atoms with Crippen molar-refractivity contribution in [2.75, 3.05) is 52.9 Å². The van der Waals surface area contributed by atoms with Crippen LogP contribution in [0, 0.1) is 0 Å². The monoisotopic (exact) mass is 242 g/mol. The highest BCUT2D eigenvalue weighted by Gasteiger charge is 2.32. The van der Waals surface area contributed by atoms with Crippen molar-refractivity contribution in [2.24, 2.45) is 0 Å². The molecule has 2 saturated heterocycles. The molecule has 6 heteroatoms. The first kappa shape index (κ1) is 12.6. The van der Waals surface area contributed by atoms with Crippen molar-refractivity contribution >= 4 is 6.03 Å². The third-order valence-corrected chi connectivity index (χ3v) is 3.48. The standard InChI is InChI=1S/C11H22N4O2/c1-14(9-11(17)2-3-12-8-11)6-7-15-5-4-13-10(15)16/h12,17H,2-9H2,1H3,(H,13,16). The van der Waals surface area contributed by atoms with Gasteiger partial charge in [-0.1, -0.05) is 0 Å². The molecule has 0 spiro atoms. The van der Waals surface area contributed by atoms with E-state index in [4.69, 9.17) is 0 Å². The highest BCUT2D eigenvalue weighted by molar-refractivity contribution is 5.76. The number of amides is 2. The molecule has 2 fully saturated rings. The molecule has 0 aromatic heterocycles. The number of hydrogen-bond acceptors (Lipinski definition) is 4. The molecule has 6 nitrogen and oxygen atoms in total. The van der Waals surface area contributed by atoms with Gasteiger partial charge in [-0.3, -0.25) is 0 Å². The van der Waals surface area contributed by atoms with E-state index in [0.29, 0.717) is 13.1 Å². The molecule has 2 heterocycles. The predicted molar refractivity (Wildman–Crippen MR) is 64.9 cm³/mol. The fraction of sp³-hybridized carbons (Fsp3) is 0.909. The molecule has 1 unspecified atom stereocenters. The summed E-state index contributed by atoms with van der Waals surface area (Å²) in [7, 11) is 1.99. The van der Waals surface area contributed by atoms with Gasteiger partial charge < -0.3 is 25.5 Å². The first-order chi connectivity index (χ1) is 8.09. The van der Waals surface area contributed by atoms with Crippen LogP contribution in [0.4, 0.5) is 4.79 Å². The van der Waals surface area contributed by atoms with Crippen LogP contribution >= 0.6 is 0 Å². The Morgan fingerprint density at radius 3 is 2.94 bits per heavy atom. The second-order valence-corrected chi connectivity index (χ2v) is 5.11. The van der Waals surface area contributed by atoms with Gasteiger partial charge in [0.1, 0.15) is 0 Å². The summed E-state index contributed by atoms with van der Waals surface area (Å²) < 4.78 is 0. The summed E-state index contributed by atoms with van der Waals surface area (Å²) in [5.41, 5.74) is -0.595. The van der Waals surface area contributed by atoms with E-state index in [-0.39, 0.29) is 6.03 Å². The third kappa shape index (κ3) is 3.31. The van der Waals surface area contributed by atoms with E-state index < -0.39 is 5.60 Å². The van der Waals surface area contributed by atoms with Crippen molar-refractivity contribution in [3.8, 4) is 0 Å². The van der Waals surface area contributed by atoms with Gasteiger partial charge in [0.2, 0.25) is 0 Å². The van der Waals surface area contributed by atoms with Crippen molar-refractivity contribution in [1.82, 2.24) is 20.4 Å². The Labute approximate surface area is 102 Å². The van der Waals surface area contributed by atoms with Gasteiger partial charge in [-0.25, -0.2) is 4.79 Å². The average molecular weight is 242 g/mol. The van der Waals surface area contributed by atoms with Crippen LogP contribution < -0.4 is 10.6 Å². The van der Waals surface area contributed by atoms with E-state index in [0.717, 1.165) is 39.1 Å². The first-order valence-electron chi connectivity index (χ1n) is 6.23. The summed E-state index contributed by atoms with van der Waals surface area (Å²) in [6.45, 7) is 5.28. The van der Waals surface area contributed by atoms with E-state index in [1.165, 1.54) is 0 Å². The Bertz CT molecular complexity index is 279. The molecular formula is C11H22N4O2. The average Bonchev–Trinajstić information content (AvgIpc) is 2.85. The number of carbonyl (C=O) groups excluding carboxylic acids is 1. The summed E-state index contributed by atoms with van der Waals surface area (Å²) in [5, 5.41) is 16.2. The lowest BCUT2D eigenvalue weighted by Gasteiger charge is -2.29. The van der Waals surface area contributed by atoms with E-state index in [1.54, 1.807) is 0 Å². The molecule has 3 N–H and O–H groups in total. The van der Waals surface area contributed by atoms with Crippen LogP contribution in [0.15, 0.2) is 0 Å². The Morgan fingerprint density at radius 1 is 1.53 bits per heavy atom. The van der Waals surface area contributed by atoms with Crippen LogP contribution in [0.3, 0.4) is 0 Å². The largest absolute Gasteiger partial charge is 0.387 e. The molecule has 2 rings (SSSR count). The zero-order valence-corrected chi connectivity index (χ0v) is 10.4. The molecule has 0 aliphatic carbocycles. The van der Waals surface area contributed by atoms with Crippen LogP contribution in [0.1, 0.15) is 6.42 Å². The van der Waals surface area contributed by atoms with Crippen LogP contribution in [0.25, 0.3) is 0 Å². The molecule has 98 valence electrons. The highest BCUT2D eigenvalue weighted by atomic mass is 16.3.